The maximum Gasteiger partial charge on any atom is 0.262 e. The van der Waals surface area contributed by atoms with E-state index in [1.807, 2.05) is 18.2 Å². The first kappa shape index (κ1) is 19.2. The number of hydrogen-bond acceptors (Lipinski definition) is 3. The summed E-state index contributed by atoms with van der Waals surface area (Å²) in [6.45, 7) is 2.25. The standard InChI is InChI=1S/C24H25F2N3O/c1-14-5-7-23(8-6-14)13-16-4-3-15(17-9-18(25)12-19(26)10-17)11-20(16)24(23)21(30)29(2)22(27)28-24/h3-4,9-12,14H,5-8,13H2,1-2H3,(H2,27,28). The van der Waals surface area contributed by atoms with Gasteiger partial charge in [-0.2, -0.15) is 0 Å². The summed E-state index contributed by atoms with van der Waals surface area (Å²) in [6, 6.07) is 9.23. The first-order chi connectivity index (χ1) is 14.3. The molecule has 2 N–H and O–H groups in total. The van der Waals surface area contributed by atoms with Crippen molar-refractivity contribution in [3.8, 4) is 11.1 Å². The Morgan fingerprint density at radius 2 is 1.73 bits per heavy atom. The molecule has 1 heterocycles. The van der Waals surface area contributed by atoms with E-state index in [1.165, 1.54) is 17.0 Å². The number of amides is 1. The maximum atomic E-state index is 13.8. The van der Waals surface area contributed by atoms with Crippen LogP contribution < -0.4 is 5.73 Å². The zero-order valence-electron chi connectivity index (χ0n) is 17.2. The Balaban J connectivity index is 1.71. The molecule has 1 amide bonds. The number of carbonyl (C=O) groups is 1. The Kier molecular flexibility index (Phi) is 4.08. The lowest BCUT2D eigenvalue weighted by atomic mass is 9.60. The second-order valence-corrected chi connectivity index (χ2v) is 9.21. The Morgan fingerprint density at radius 1 is 1.07 bits per heavy atom. The molecule has 0 saturated heterocycles. The van der Waals surface area contributed by atoms with Gasteiger partial charge in [-0.3, -0.25) is 9.69 Å². The second kappa shape index (κ2) is 6.37. The van der Waals surface area contributed by atoms with Crippen LogP contribution in [-0.2, 0) is 16.8 Å². The molecule has 1 saturated carbocycles. The molecule has 0 aromatic heterocycles. The highest BCUT2D eigenvalue weighted by Crippen LogP contribution is 2.62. The Labute approximate surface area is 174 Å². The zero-order chi connectivity index (χ0) is 21.3. The summed E-state index contributed by atoms with van der Waals surface area (Å²) in [6.07, 6.45) is 4.67. The van der Waals surface area contributed by atoms with Gasteiger partial charge in [-0.1, -0.05) is 31.9 Å². The van der Waals surface area contributed by atoms with Crippen molar-refractivity contribution in [2.75, 3.05) is 7.05 Å². The number of fused-ring (bicyclic) bond motifs is 3. The van der Waals surface area contributed by atoms with Crippen LogP contribution in [0.15, 0.2) is 41.4 Å². The van der Waals surface area contributed by atoms with Crippen molar-refractivity contribution in [1.29, 1.82) is 0 Å². The van der Waals surface area contributed by atoms with Gasteiger partial charge in [-0.15, -0.1) is 0 Å². The lowest BCUT2D eigenvalue weighted by molar-refractivity contribution is -0.136. The van der Waals surface area contributed by atoms with Gasteiger partial charge < -0.3 is 5.73 Å². The number of hydrogen-bond donors (Lipinski definition) is 1. The normalized spacial score (nSPS) is 30.3. The minimum Gasteiger partial charge on any atom is -0.369 e. The molecule has 156 valence electrons. The van der Waals surface area contributed by atoms with Gasteiger partial charge in [0.2, 0.25) is 0 Å². The van der Waals surface area contributed by atoms with Gasteiger partial charge in [0.15, 0.2) is 11.5 Å². The van der Waals surface area contributed by atoms with Gasteiger partial charge in [0, 0.05) is 18.5 Å². The number of rotatable bonds is 1. The molecule has 2 spiro atoms. The molecule has 0 bridgehead atoms. The molecule has 1 aliphatic heterocycles. The molecule has 4 nitrogen and oxygen atoms in total. The van der Waals surface area contributed by atoms with Gasteiger partial charge in [-0.25, -0.2) is 13.8 Å². The van der Waals surface area contributed by atoms with Crippen molar-refractivity contribution in [3.05, 3.63) is 59.2 Å². The summed E-state index contributed by atoms with van der Waals surface area (Å²) in [5, 5.41) is 0. The van der Waals surface area contributed by atoms with E-state index in [1.54, 1.807) is 7.05 Å². The third-order valence-electron chi connectivity index (χ3n) is 7.46. The summed E-state index contributed by atoms with van der Waals surface area (Å²) in [5.74, 6) is -0.504. The van der Waals surface area contributed by atoms with Gasteiger partial charge in [0.05, 0.1) is 0 Å². The number of nitrogens with zero attached hydrogens (tertiary/aromatic N) is 2. The summed E-state index contributed by atoms with van der Waals surface area (Å²) in [5.41, 5.74) is 7.80. The fourth-order valence-corrected chi connectivity index (χ4v) is 5.76. The first-order valence-electron chi connectivity index (χ1n) is 10.5. The van der Waals surface area contributed by atoms with Gasteiger partial charge >= 0.3 is 0 Å². The largest absolute Gasteiger partial charge is 0.369 e. The molecule has 30 heavy (non-hydrogen) atoms. The molecule has 3 aliphatic rings. The third-order valence-corrected chi connectivity index (χ3v) is 7.46. The van der Waals surface area contributed by atoms with Crippen LogP contribution in [0, 0.1) is 23.0 Å². The fraction of sp³-hybridized carbons (Fsp3) is 0.417. The monoisotopic (exact) mass is 409 g/mol. The van der Waals surface area contributed by atoms with Crippen LogP contribution in [0.1, 0.15) is 43.7 Å². The predicted octanol–water partition coefficient (Wildman–Crippen LogP) is 4.37. The number of likely N-dealkylation sites (N-methyl/N-ethyl adjacent to an activating group) is 1. The summed E-state index contributed by atoms with van der Waals surface area (Å²) in [4.78, 5) is 19.9. The quantitative estimate of drug-likeness (QED) is 0.761. The highest BCUT2D eigenvalue weighted by molar-refractivity contribution is 6.08. The van der Waals surface area contributed by atoms with Gasteiger partial charge in [0.1, 0.15) is 11.6 Å². The van der Waals surface area contributed by atoms with Crippen LogP contribution in [0.5, 0.6) is 0 Å². The van der Waals surface area contributed by atoms with Crippen molar-refractivity contribution in [2.24, 2.45) is 22.1 Å². The van der Waals surface area contributed by atoms with Crippen molar-refractivity contribution in [2.45, 2.75) is 44.6 Å². The maximum absolute atomic E-state index is 13.8. The number of guanidine groups is 1. The van der Waals surface area contributed by atoms with Crippen LogP contribution in [0.4, 0.5) is 8.78 Å². The number of halogens is 2. The predicted molar refractivity (Wildman–Crippen MR) is 112 cm³/mol. The number of nitrogens with two attached hydrogens (primary N) is 1. The molecule has 2 aromatic rings. The highest BCUT2D eigenvalue weighted by atomic mass is 19.1. The van der Waals surface area contributed by atoms with Crippen molar-refractivity contribution in [1.82, 2.24) is 4.90 Å². The lowest BCUT2D eigenvalue weighted by Crippen LogP contribution is -2.50. The Hall–Kier alpha value is -2.76. The van der Waals surface area contributed by atoms with Crippen molar-refractivity contribution >= 4 is 11.9 Å². The van der Waals surface area contributed by atoms with Gasteiger partial charge in [-0.05, 0) is 65.6 Å². The van der Waals surface area contributed by atoms with E-state index in [9.17, 15) is 13.6 Å². The highest BCUT2D eigenvalue weighted by Gasteiger charge is 2.66. The topological polar surface area (TPSA) is 58.7 Å². The number of carbonyl (C=O) groups excluding carboxylic acids is 1. The third kappa shape index (κ3) is 2.49. The molecule has 1 unspecified atom stereocenters. The average molecular weight is 409 g/mol. The Bertz CT molecular complexity index is 1070. The molecular formula is C24H25F2N3O. The van der Waals surface area contributed by atoms with E-state index >= 15 is 0 Å². The minimum atomic E-state index is -1.05. The van der Waals surface area contributed by atoms with E-state index in [0.717, 1.165) is 49.3 Å². The fourth-order valence-electron chi connectivity index (χ4n) is 5.76. The van der Waals surface area contributed by atoms with Crippen molar-refractivity contribution < 1.29 is 13.6 Å². The summed E-state index contributed by atoms with van der Waals surface area (Å²) in [7, 11) is 1.67. The second-order valence-electron chi connectivity index (χ2n) is 9.21. The zero-order valence-corrected chi connectivity index (χ0v) is 17.2. The molecule has 1 atom stereocenters. The van der Waals surface area contributed by atoms with Crippen LogP contribution >= 0.6 is 0 Å². The van der Waals surface area contributed by atoms with Crippen molar-refractivity contribution in [3.63, 3.8) is 0 Å². The average Bonchev–Trinajstić information content (AvgIpc) is 3.10. The minimum absolute atomic E-state index is 0.101. The molecule has 6 heteroatoms. The van der Waals surface area contributed by atoms with Crippen LogP contribution in [0.2, 0.25) is 0 Å². The molecular weight excluding hydrogens is 384 g/mol. The molecule has 2 aliphatic carbocycles. The first-order valence-corrected chi connectivity index (χ1v) is 10.5. The molecule has 0 radical (unpaired) electrons. The van der Waals surface area contributed by atoms with Crippen LogP contribution in [0.3, 0.4) is 0 Å². The lowest BCUT2D eigenvalue weighted by Gasteiger charge is -2.45. The van der Waals surface area contributed by atoms with E-state index in [4.69, 9.17) is 10.7 Å². The number of aliphatic imine (C=N–C) groups is 1. The van der Waals surface area contributed by atoms with E-state index in [2.05, 4.69) is 6.92 Å². The van der Waals surface area contributed by atoms with Gasteiger partial charge in [0.25, 0.3) is 5.91 Å². The van der Waals surface area contributed by atoms with E-state index in [-0.39, 0.29) is 17.3 Å². The van der Waals surface area contributed by atoms with E-state index in [0.29, 0.717) is 17.0 Å². The smallest absolute Gasteiger partial charge is 0.262 e. The number of benzene rings is 2. The Morgan fingerprint density at radius 3 is 2.33 bits per heavy atom. The summed E-state index contributed by atoms with van der Waals surface area (Å²) >= 11 is 0. The molecule has 2 aromatic carbocycles. The van der Waals surface area contributed by atoms with Crippen LogP contribution in [0.25, 0.3) is 11.1 Å². The SMILES string of the molecule is CC1CCC2(CC1)Cc1ccc(-c3cc(F)cc(F)c3)cc1C21N=C(N)N(C)C1=O. The van der Waals surface area contributed by atoms with Crippen LogP contribution in [-0.4, -0.2) is 23.8 Å². The molecule has 1 fully saturated rings. The molecule has 5 rings (SSSR count). The van der Waals surface area contributed by atoms with E-state index < -0.39 is 17.2 Å². The summed E-state index contributed by atoms with van der Waals surface area (Å²) < 4.78 is 27.7.